The molecule has 1 aromatic heterocycles. The largest absolute Gasteiger partial charge is 0.468 e. The first kappa shape index (κ1) is 12.3. The zero-order valence-corrected chi connectivity index (χ0v) is 10.1. The quantitative estimate of drug-likeness (QED) is 0.739. The van der Waals surface area contributed by atoms with E-state index in [2.05, 4.69) is 32.2 Å². The number of furan rings is 1. The Morgan fingerprint density at radius 1 is 1.40 bits per heavy atom. The van der Waals surface area contributed by atoms with E-state index in [4.69, 9.17) is 4.42 Å². The summed E-state index contributed by atoms with van der Waals surface area (Å²) in [4.78, 5) is 0. The highest BCUT2D eigenvalue weighted by molar-refractivity contribution is 5.04. The van der Waals surface area contributed by atoms with E-state index in [-0.39, 0.29) is 0 Å². The zero-order valence-electron chi connectivity index (χ0n) is 10.1. The van der Waals surface area contributed by atoms with Crippen molar-refractivity contribution in [2.45, 2.75) is 46.1 Å². The molecule has 0 amide bonds. The van der Waals surface area contributed by atoms with Gasteiger partial charge >= 0.3 is 0 Å². The average Bonchev–Trinajstić information content (AvgIpc) is 2.70. The maximum Gasteiger partial charge on any atom is 0.120 e. The molecule has 2 nitrogen and oxygen atoms in total. The van der Waals surface area contributed by atoms with E-state index >= 15 is 0 Å². The number of rotatable bonds is 7. The molecule has 2 heteroatoms. The van der Waals surface area contributed by atoms with Gasteiger partial charge < -0.3 is 9.73 Å². The summed E-state index contributed by atoms with van der Waals surface area (Å²) in [6.45, 7) is 7.69. The van der Waals surface area contributed by atoms with Gasteiger partial charge in [0.2, 0.25) is 0 Å². The lowest BCUT2D eigenvalue weighted by molar-refractivity contribution is 0.344. The molecular formula is C13H23NO. The van der Waals surface area contributed by atoms with Crippen molar-refractivity contribution < 1.29 is 4.42 Å². The minimum Gasteiger partial charge on any atom is -0.468 e. The monoisotopic (exact) mass is 209 g/mol. The molecule has 2 atom stereocenters. The van der Waals surface area contributed by atoms with Crippen LogP contribution in [0.1, 0.15) is 51.8 Å². The molecule has 0 bridgehead atoms. The van der Waals surface area contributed by atoms with E-state index in [1.54, 1.807) is 6.26 Å². The van der Waals surface area contributed by atoms with E-state index in [9.17, 15) is 0 Å². The Hall–Kier alpha value is -0.760. The SMILES string of the molecule is CCCC(C)CC(NCC)c1ccco1. The Balaban J connectivity index is 2.51. The van der Waals surface area contributed by atoms with Crippen molar-refractivity contribution in [2.24, 2.45) is 5.92 Å². The molecule has 0 aromatic carbocycles. The van der Waals surface area contributed by atoms with Crippen LogP contribution in [-0.2, 0) is 0 Å². The van der Waals surface area contributed by atoms with Crippen LogP contribution < -0.4 is 5.32 Å². The number of hydrogen-bond donors (Lipinski definition) is 1. The van der Waals surface area contributed by atoms with Gasteiger partial charge in [-0.3, -0.25) is 0 Å². The second-order valence-corrected chi connectivity index (χ2v) is 4.26. The Morgan fingerprint density at radius 2 is 2.20 bits per heavy atom. The van der Waals surface area contributed by atoms with Gasteiger partial charge in [0.25, 0.3) is 0 Å². The van der Waals surface area contributed by atoms with Crippen molar-refractivity contribution in [1.29, 1.82) is 0 Å². The molecule has 0 radical (unpaired) electrons. The summed E-state index contributed by atoms with van der Waals surface area (Å²) in [6, 6.07) is 4.41. The lowest BCUT2D eigenvalue weighted by Gasteiger charge is -2.19. The van der Waals surface area contributed by atoms with Gasteiger partial charge in [0, 0.05) is 0 Å². The van der Waals surface area contributed by atoms with Gasteiger partial charge in [-0.1, -0.05) is 33.6 Å². The van der Waals surface area contributed by atoms with Crippen molar-refractivity contribution in [3.63, 3.8) is 0 Å². The lowest BCUT2D eigenvalue weighted by atomic mass is 9.96. The summed E-state index contributed by atoms with van der Waals surface area (Å²) < 4.78 is 5.46. The molecule has 0 saturated carbocycles. The first-order chi connectivity index (χ1) is 7.27. The van der Waals surface area contributed by atoms with Crippen LogP contribution >= 0.6 is 0 Å². The third-order valence-electron chi connectivity index (χ3n) is 2.76. The van der Waals surface area contributed by atoms with Gasteiger partial charge in [0.05, 0.1) is 12.3 Å². The number of hydrogen-bond acceptors (Lipinski definition) is 2. The van der Waals surface area contributed by atoms with Crippen LogP contribution in [0.25, 0.3) is 0 Å². The first-order valence-corrected chi connectivity index (χ1v) is 6.04. The van der Waals surface area contributed by atoms with Crippen molar-refractivity contribution in [3.8, 4) is 0 Å². The molecule has 0 saturated heterocycles. The van der Waals surface area contributed by atoms with Crippen molar-refractivity contribution in [3.05, 3.63) is 24.2 Å². The van der Waals surface area contributed by atoms with Crippen LogP contribution in [0.3, 0.4) is 0 Å². The molecule has 1 heterocycles. The zero-order chi connectivity index (χ0) is 11.1. The van der Waals surface area contributed by atoms with Crippen molar-refractivity contribution in [1.82, 2.24) is 5.32 Å². The fraction of sp³-hybridized carbons (Fsp3) is 0.692. The fourth-order valence-corrected chi connectivity index (χ4v) is 2.05. The van der Waals surface area contributed by atoms with Gasteiger partial charge in [-0.25, -0.2) is 0 Å². The topological polar surface area (TPSA) is 25.2 Å². The van der Waals surface area contributed by atoms with E-state index in [0.29, 0.717) is 6.04 Å². The fourth-order valence-electron chi connectivity index (χ4n) is 2.05. The summed E-state index contributed by atoms with van der Waals surface area (Å²) >= 11 is 0. The minimum absolute atomic E-state index is 0.381. The van der Waals surface area contributed by atoms with E-state index < -0.39 is 0 Å². The van der Waals surface area contributed by atoms with E-state index in [1.165, 1.54) is 12.8 Å². The lowest BCUT2D eigenvalue weighted by Crippen LogP contribution is -2.22. The van der Waals surface area contributed by atoms with Gasteiger partial charge in [-0.05, 0) is 31.0 Å². The van der Waals surface area contributed by atoms with Crippen LogP contribution in [0, 0.1) is 5.92 Å². The maximum absolute atomic E-state index is 5.46. The molecule has 0 spiro atoms. The van der Waals surface area contributed by atoms with E-state index in [1.807, 2.05) is 6.07 Å². The van der Waals surface area contributed by atoms with E-state index in [0.717, 1.165) is 24.6 Å². The Morgan fingerprint density at radius 3 is 2.73 bits per heavy atom. The molecule has 0 aliphatic carbocycles. The second kappa shape index (κ2) is 6.67. The van der Waals surface area contributed by atoms with Crippen LogP contribution in [0.15, 0.2) is 22.8 Å². The average molecular weight is 209 g/mol. The summed E-state index contributed by atoms with van der Waals surface area (Å²) in [6.07, 6.45) is 5.47. The smallest absolute Gasteiger partial charge is 0.120 e. The summed E-state index contributed by atoms with van der Waals surface area (Å²) in [5, 5.41) is 3.48. The molecule has 0 aliphatic rings. The Labute approximate surface area is 93.1 Å². The molecule has 15 heavy (non-hydrogen) atoms. The molecule has 1 rings (SSSR count). The highest BCUT2D eigenvalue weighted by Gasteiger charge is 2.15. The summed E-state index contributed by atoms with van der Waals surface area (Å²) in [7, 11) is 0. The summed E-state index contributed by atoms with van der Waals surface area (Å²) in [5.41, 5.74) is 0. The predicted octanol–water partition coefficient (Wildman–Crippen LogP) is 3.76. The molecule has 0 fully saturated rings. The molecule has 0 aliphatic heterocycles. The maximum atomic E-state index is 5.46. The Kier molecular flexibility index (Phi) is 5.48. The van der Waals surface area contributed by atoms with Crippen molar-refractivity contribution in [2.75, 3.05) is 6.54 Å². The highest BCUT2D eigenvalue weighted by Crippen LogP contribution is 2.23. The molecule has 1 aromatic rings. The van der Waals surface area contributed by atoms with Gasteiger partial charge in [-0.2, -0.15) is 0 Å². The standard InChI is InChI=1S/C13H23NO/c1-4-7-11(3)10-12(14-5-2)13-8-6-9-15-13/h6,8-9,11-12,14H,4-5,7,10H2,1-3H3. The third-order valence-corrected chi connectivity index (χ3v) is 2.76. The highest BCUT2D eigenvalue weighted by atomic mass is 16.3. The second-order valence-electron chi connectivity index (χ2n) is 4.26. The third kappa shape index (κ3) is 4.08. The van der Waals surface area contributed by atoms with Crippen LogP contribution in [0.4, 0.5) is 0 Å². The van der Waals surface area contributed by atoms with Gasteiger partial charge in [-0.15, -0.1) is 0 Å². The van der Waals surface area contributed by atoms with Crippen LogP contribution in [0.2, 0.25) is 0 Å². The van der Waals surface area contributed by atoms with Crippen LogP contribution in [0.5, 0.6) is 0 Å². The van der Waals surface area contributed by atoms with Gasteiger partial charge in [0.1, 0.15) is 5.76 Å². The molecule has 2 unspecified atom stereocenters. The van der Waals surface area contributed by atoms with Crippen molar-refractivity contribution >= 4 is 0 Å². The molecule has 86 valence electrons. The molecular weight excluding hydrogens is 186 g/mol. The minimum atomic E-state index is 0.381. The summed E-state index contributed by atoms with van der Waals surface area (Å²) in [5.74, 6) is 1.82. The molecule has 1 N–H and O–H groups in total. The first-order valence-electron chi connectivity index (χ1n) is 6.04. The predicted molar refractivity (Wildman–Crippen MR) is 63.8 cm³/mol. The van der Waals surface area contributed by atoms with Gasteiger partial charge in [0.15, 0.2) is 0 Å². The normalized spacial score (nSPS) is 15.1. The Bertz CT molecular complexity index is 243. The number of nitrogens with one attached hydrogen (secondary N) is 1. The van der Waals surface area contributed by atoms with Crippen LogP contribution in [-0.4, -0.2) is 6.54 Å².